The number of hydrogen-bond acceptors (Lipinski definition) is 2. The smallest absolute Gasteiger partial charge is 0.391 e. The minimum Gasteiger partial charge on any atom is -0.393 e. The summed E-state index contributed by atoms with van der Waals surface area (Å²) < 4.78 is 37.4. The maximum Gasteiger partial charge on any atom is 0.391 e. The van der Waals surface area contributed by atoms with Gasteiger partial charge in [-0.3, -0.25) is 4.79 Å². The van der Waals surface area contributed by atoms with Gasteiger partial charge in [-0.25, -0.2) is 0 Å². The fourth-order valence-corrected chi connectivity index (χ4v) is 2.71. The number of carbonyl (C=O) groups is 1. The number of alkyl halides is 3. The van der Waals surface area contributed by atoms with Gasteiger partial charge >= 0.3 is 6.18 Å². The van der Waals surface area contributed by atoms with Crippen LogP contribution in [0.4, 0.5) is 13.2 Å². The first-order valence-corrected chi connectivity index (χ1v) is 6.41. The molecule has 0 atom stereocenters. The Morgan fingerprint density at radius 1 is 1.11 bits per heavy atom. The van der Waals surface area contributed by atoms with Gasteiger partial charge in [-0.1, -0.05) is 0 Å². The summed E-state index contributed by atoms with van der Waals surface area (Å²) in [6.07, 6.45) is -2.62. The molecule has 0 bridgehead atoms. The third-order valence-corrected chi connectivity index (χ3v) is 4.02. The summed E-state index contributed by atoms with van der Waals surface area (Å²) in [4.78, 5) is 11.8. The summed E-state index contributed by atoms with van der Waals surface area (Å²) in [5, 5.41) is 11.9. The van der Waals surface area contributed by atoms with Crippen molar-refractivity contribution in [1.29, 1.82) is 0 Å². The standard InChI is InChI=1S/C12H18F3NO2/c13-12(14,15)8-3-1-7(2-4-8)11(18)16-9-5-10(17)6-9/h7-10,17H,1-6H2,(H,16,18). The van der Waals surface area contributed by atoms with Crippen molar-refractivity contribution in [2.45, 2.75) is 56.8 Å². The minimum atomic E-state index is -4.13. The first kappa shape index (κ1) is 13.6. The van der Waals surface area contributed by atoms with Crippen LogP contribution in [-0.4, -0.2) is 29.3 Å². The van der Waals surface area contributed by atoms with Crippen molar-refractivity contribution < 1.29 is 23.1 Å². The maximum absolute atomic E-state index is 12.5. The molecule has 2 aliphatic carbocycles. The molecule has 2 N–H and O–H groups in total. The van der Waals surface area contributed by atoms with Crippen LogP contribution in [0.15, 0.2) is 0 Å². The van der Waals surface area contributed by atoms with Crippen molar-refractivity contribution in [2.24, 2.45) is 11.8 Å². The highest BCUT2D eigenvalue weighted by molar-refractivity contribution is 5.79. The average molecular weight is 265 g/mol. The monoisotopic (exact) mass is 265 g/mol. The summed E-state index contributed by atoms with van der Waals surface area (Å²) in [5.74, 6) is -1.68. The van der Waals surface area contributed by atoms with Crippen LogP contribution >= 0.6 is 0 Å². The SMILES string of the molecule is O=C(NC1CC(O)C1)C1CCC(C(F)(F)F)CC1. The van der Waals surface area contributed by atoms with Gasteiger partial charge in [-0.2, -0.15) is 13.2 Å². The van der Waals surface area contributed by atoms with Gasteiger partial charge in [0.2, 0.25) is 5.91 Å². The fraction of sp³-hybridized carbons (Fsp3) is 0.917. The number of halogens is 3. The van der Waals surface area contributed by atoms with Crippen molar-refractivity contribution in [3.05, 3.63) is 0 Å². The molecular formula is C12H18F3NO2. The molecule has 6 heteroatoms. The molecule has 0 radical (unpaired) electrons. The molecule has 1 amide bonds. The Bertz CT molecular complexity index is 305. The van der Waals surface area contributed by atoms with E-state index in [4.69, 9.17) is 5.11 Å². The number of rotatable bonds is 2. The first-order chi connectivity index (χ1) is 8.36. The van der Waals surface area contributed by atoms with Gasteiger partial charge in [-0.05, 0) is 38.5 Å². The van der Waals surface area contributed by atoms with Crippen molar-refractivity contribution >= 4 is 5.91 Å². The zero-order chi connectivity index (χ0) is 13.3. The summed E-state index contributed by atoms with van der Waals surface area (Å²) in [7, 11) is 0. The van der Waals surface area contributed by atoms with E-state index in [1.807, 2.05) is 0 Å². The molecule has 0 saturated heterocycles. The number of amides is 1. The minimum absolute atomic E-state index is 0.00726. The van der Waals surface area contributed by atoms with Crippen molar-refractivity contribution in [3.63, 3.8) is 0 Å². The van der Waals surface area contributed by atoms with E-state index in [1.165, 1.54) is 0 Å². The van der Waals surface area contributed by atoms with Crippen LogP contribution in [0.1, 0.15) is 38.5 Å². The van der Waals surface area contributed by atoms with Gasteiger partial charge in [0.25, 0.3) is 0 Å². The molecule has 0 aromatic heterocycles. The summed E-state index contributed by atoms with van der Waals surface area (Å²) in [6, 6.07) is 0.00726. The summed E-state index contributed by atoms with van der Waals surface area (Å²) >= 11 is 0. The third kappa shape index (κ3) is 3.16. The molecular weight excluding hydrogens is 247 g/mol. The molecule has 0 spiro atoms. The summed E-state index contributed by atoms with van der Waals surface area (Å²) in [6.45, 7) is 0. The topological polar surface area (TPSA) is 49.3 Å². The number of nitrogens with one attached hydrogen (secondary N) is 1. The Morgan fingerprint density at radius 3 is 2.11 bits per heavy atom. The van der Waals surface area contributed by atoms with E-state index in [2.05, 4.69) is 5.32 Å². The van der Waals surface area contributed by atoms with Crippen LogP contribution in [0.25, 0.3) is 0 Å². The predicted molar refractivity (Wildman–Crippen MR) is 58.7 cm³/mol. The largest absolute Gasteiger partial charge is 0.393 e. The normalized spacial score (nSPS) is 36.9. The van der Waals surface area contributed by atoms with Gasteiger partial charge in [0.1, 0.15) is 0 Å². The predicted octanol–water partition coefficient (Wildman–Crippen LogP) is 1.99. The van der Waals surface area contributed by atoms with Crippen LogP contribution in [0.2, 0.25) is 0 Å². The zero-order valence-corrected chi connectivity index (χ0v) is 10.0. The lowest BCUT2D eigenvalue weighted by atomic mass is 9.80. The van der Waals surface area contributed by atoms with Crippen molar-refractivity contribution in [2.75, 3.05) is 0 Å². The molecule has 0 aromatic carbocycles. The molecule has 2 saturated carbocycles. The lowest BCUT2D eigenvalue weighted by Gasteiger charge is -2.35. The van der Waals surface area contributed by atoms with Crippen LogP contribution in [-0.2, 0) is 4.79 Å². The van der Waals surface area contributed by atoms with E-state index >= 15 is 0 Å². The van der Waals surface area contributed by atoms with Crippen LogP contribution in [0.5, 0.6) is 0 Å². The highest BCUT2D eigenvalue weighted by atomic mass is 19.4. The van der Waals surface area contributed by atoms with Crippen molar-refractivity contribution in [1.82, 2.24) is 5.32 Å². The Labute approximate surface area is 104 Å². The van der Waals surface area contributed by atoms with Gasteiger partial charge < -0.3 is 10.4 Å². The molecule has 0 heterocycles. The quantitative estimate of drug-likeness (QED) is 0.802. The molecule has 2 aliphatic rings. The highest BCUT2D eigenvalue weighted by Crippen LogP contribution is 2.39. The lowest BCUT2D eigenvalue weighted by molar-refractivity contribution is -0.184. The first-order valence-electron chi connectivity index (χ1n) is 6.41. The molecule has 2 rings (SSSR count). The van der Waals surface area contributed by atoms with Crippen LogP contribution in [0.3, 0.4) is 0 Å². The van der Waals surface area contributed by atoms with E-state index in [1.54, 1.807) is 0 Å². The van der Waals surface area contributed by atoms with Gasteiger partial charge in [-0.15, -0.1) is 0 Å². The molecule has 3 nitrogen and oxygen atoms in total. The number of aliphatic hydroxyl groups is 1. The maximum atomic E-state index is 12.5. The Hall–Kier alpha value is -0.780. The molecule has 0 aliphatic heterocycles. The van der Waals surface area contributed by atoms with E-state index in [-0.39, 0.29) is 36.8 Å². The van der Waals surface area contributed by atoms with E-state index in [9.17, 15) is 18.0 Å². The fourth-order valence-electron chi connectivity index (χ4n) is 2.71. The van der Waals surface area contributed by atoms with E-state index in [0.717, 1.165) is 0 Å². The van der Waals surface area contributed by atoms with E-state index < -0.39 is 12.1 Å². The third-order valence-electron chi connectivity index (χ3n) is 4.02. The van der Waals surface area contributed by atoms with Crippen LogP contribution in [0, 0.1) is 11.8 Å². The Kier molecular flexibility index (Phi) is 3.84. The zero-order valence-electron chi connectivity index (χ0n) is 10.0. The summed E-state index contributed by atoms with van der Waals surface area (Å²) in [5.41, 5.74) is 0. The molecule has 0 unspecified atom stereocenters. The lowest BCUT2D eigenvalue weighted by Crippen LogP contribution is -2.49. The number of carbonyl (C=O) groups excluding carboxylic acids is 1. The number of aliphatic hydroxyl groups excluding tert-OH is 1. The molecule has 104 valence electrons. The second-order valence-corrected chi connectivity index (χ2v) is 5.42. The van der Waals surface area contributed by atoms with E-state index in [0.29, 0.717) is 25.7 Å². The number of hydrogen-bond donors (Lipinski definition) is 2. The second-order valence-electron chi connectivity index (χ2n) is 5.42. The van der Waals surface area contributed by atoms with Gasteiger partial charge in [0, 0.05) is 12.0 Å². The molecule has 2 fully saturated rings. The van der Waals surface area contributed by atoms with Crippen molar-refractivity contribution in [3.8, 4) is 0 Å². The van der Waals surface area contributed by atoms with Crippen LogP contribution < -0.4 is 5.32 Å². The Morgan fingerprint density at radius 2 is 1.67 bits per heavy atom. The molecule has 18 heavy (non-hydrogen) atoms. The van der Waals surface area contributed by atoms with Gasteiger partial charge in [0.05, 0.1) is 12.0 Å². The second kappa shape index (κ2) is 5.07. The van der Waals surface area contributed by atoms with Gasteiger partial charge in [0.15, 0.2) is 0 Å². The molecule has 0 aromatic rings. The highest BCUT2D eigenvalue weighted by Gasteiger charge is 2.42. The average Bonchev–Trinajstić information content (AvgIpc) is 2.26. The Balaban J connectivity index is 1.74.